The summed E-state index contributed by atoms with van der Waals surface area (Å²) in [5.41, 5.74) is 2.79. The molecule has 0 amide bonds. The number of hydrogen-bond donors (Lipinski definition) is 0. The van der Waals surface area contributed by atoms with Gasteiger partial charge in [0.25, 0.3) is 5.69 Å². The molecule has 8 heteroatoms. The number of nitro groups is 1. The van der Waals surface area contributed by atoms with Gasteiger partial charge in [-0.1, -0.05) is 0 Å². The maximum atomic E-state index is 11.4. The molecule has 1 aromatic heterocycles. The van der Waals surface area contributed by atoms with E-state index in [4.69, 9.17) is 9.47 Å². The molecule has 4 rings (SSSR count). The molecule has 0 bridgehead atoms. The Bertz CT molecular complexity index is 1060. The van der Waals surface area contributed by atoms with Gasteiger partial charge in [-0.3, -0.25) is 20.0 Å². The number of fused-ring (bicyclic) bond motifs is 1. The van der Waals surface area contributed by atoms with E-state index in [2.05, 4.69) is 14.8 Å². The largest absolute Gasteiger partial charge is 0.497 e. The van der Waals surface area contributed by atoms with Crippen molar-refractivity contribution in [2.24, 2.45) is 0 Å². The monoisotopic (exact) mass is 408 g/mol. The van der Waals surface area contributed by atoms with Gasteiger partial charge in [0.05, 0.1) is 30.2 Å². The van der Waals surface area contributed by atoms with Crippen LogP contribution in [0.15, 0.2) is 48.7 Å². The van der Waals surface area contributed by atoms with Crippen LogP contribution in [0.1, 0.15) is 5.56 Å². The summed E-state index contributed by atoms with van der Waals surface area (Å²) in [5.74, 6) is 1.66. The van der Waals surface area contributed by atoms with E-state index >= 15 is 0 Å². The number of aromatic nitrogens is 1. The summed E-state index contributed by atoms with van der Waals surface area (Å²) in [6, 6.07) is 12.7. The maximum absolute atomic E-state index is 11.4. The quantitative estimate of drug-likeness (QED) is 0.456. The highest BCUT2D eigenvalue weighted by atomic mass is 16.6. The fraction of sp³-hybridized carbons (Fsp3) is 0.318. The summed E-state index contributed by atoms with van der Waals surface area (Å²) in [6.07, 6.45) is 1.68. The van der Waals surface area contributed by atoms with Gasteiger partial charge in [-0.05, 0) is 36.4 Å². The van der Waals surface area contributed by atoms with Crippen molar-refractivity contribution in [3.05, 3.63) is 64.3 Å². The van der Waals surface area contributed by atoms with Crippen LogP contribution in [0.5, 0.6) is 11.5 Å². The van der Waals surface area contributed by atoms with Crippen molar-refractivity contribution in [1.82, 2.24) is 9.88 Å². The highest BCUT2D eigenvalue weighted by Crippen LogP contribution is 2.33. The highest BCUT2D eigenvalue weighted by molar-refractivity contribution is 5.97. The van der Waals surface area contributed by atoms with Gasteiger partial charge in [-0.2, -0.15) is 0 Å². The number of ether oxygens (including phenoxy) is 2. The van der Waals surface area contributed by atoms with E-state index in [9.17, 15) is 10.1 Å². The zero-order chi connectivity index (χ0) is 21.1. The first-order valence-corrected chi connectivity index (χ1v) is 9.81. The van der Waals surface area contributed by atoms with E-state index in [1.54, 1.807) is 38.6 Å². The third kappa shape index (κ3) is 3.86. The smallest absolute Gasteiger partial charge is 0.278 e. The molecule has 1 aliphatic heterocycles. The minimum atomic E-state index is -0.354. The van der Waals surface area contributed by atoms with Crippen molar-refractivity contribution in [3.8, 4) is 11.5 Å². The summed E-state index contributed by atoms with van der Waals surface area (Å²) >= 11 is 0. The molecule has 1 aliphatic rings. The third-order valence-corrected chi connectivity index (χ3v) is 5.52. The normalized spacial score (nSPS) is 14.7. The lowest BCUT2D eigenvalue weighted by atomic mass is 10.1. The van der Waals surface area contributed by atoms with Gasteiger partial charge in [0.2, 0.25) is 0 Å². The Morgan fingerprint density at radius 1 is 1.07 bits per heavy atom. The van der Waals surface area contributed by atoms with Crippen molar-refractivity contribution in [1.29, 1.82) is 0 Å². The predicted octanol–water partition coefficient (Wildman–Crippen LogP) is 3.48. The van der Waals surface area contributed by atoms with Crippen LogP contribution in [0.3, 0.4) is 0 Å². The Labute approximate surface area is 174 Å². The van der Waals surface area contributed by atoms with Crippen LogP contribution in [0.4, 0.5) is 11.4 Å². The van der Waals surface area contributed by atoms with Crippen LogP contribution >= 0.6 is 0 Å². The molecule has 2 heterocycles. The number of nitrogens with zero attached hydrogens (tertiary/aromatic N) is 4. The first-order valence-electron chi connectivity index (χ1n) is 9.81. The SMILES string of the molecule is COc1ccc(OC)c(CN2CCN(c3ccc([N+](=O)[O-])c4cccnc34)CC2)c1. The van der Waals surface area contributed by atoms with Crippen molar-refractivity contribution in [2.75, 3.05) is 45.3 Å². The number of rotatable bonds is 6. The third-order valence-electron chi connectivity index (χ3n) is 5.52. The summed E-state index contributed by atoms with van der Waals surface area (Å²) in [6.45, 7) is 4.14. The predicted molar refractivity (Wildman–Crippen MR) is 115 cm³/mol. The molecule has 1 fully saturated rings. The van der Waals surface area contributed by atoms with Crippen LogP contribution in [0.25, 0.3) is 10.9 Å². The Morgan fingerprint density at radius 2 is 1.87 bits per heavy atom. The molecule has 0 aliphatic carbocycles. The zero-order valence-electron chi connectivity index (χ0n) is 17.1. The first kappa shape index (κ1) is 19.9. The van der Waals surface area contributed by atoms with Gasteiger partial charge in [-0.15, -0.1) is 0 Å². The van der Waals surface area contributed by atoms with E-state index in [0.29, 0.717) is 10.9 Å². The number of hydrogen-bond acceptors (Lipinski definition) is 7. The summed E-state index contributed by atoms with van der Waals surface area (Å²) in [4.78, 5) is 20.1. The van der Waals surface area contributed by atoms with Crippen molar-refractivity contribution in [3.63, 3.8) is 0 Å². The molecule has 0 saturated carbocycles. The van der Waals surface area contributed by atoms with Gasteiger partial charge in [0.15, 0.2) is 0 Å². The molecule has 2 aromatic carbocycles. The molecular weight excluding hydrogens is 384 g/mol. The highest BCUT2D eigenvalue weighted by Gasteiger charge is 2.23. The Kier molecular flexibility index (Phi) is 5.67. The fourth-order valence-corrected chi connectivity index (χ4v) is 3.95. The topological polar surface area (TPSA) is 81.0 Å². The number of nitro benzene ring substituents is 1. The van der Waals surface area contributed by atoms with E-state index in [-0.39, 0.29) is 10.6 Å². The number of methoxy groups -OCH3 is 2. The van der Waals surface area contributed by atoms with E-state index in [1.807, 2.05) is 24.3 Å². The van der Waals surface area contributed by atoms with Gasteiger partial charge in [0.1, 0.15) is 17.0 Å². The molecule has 0 N–H and O–H groups in total. The van der Waals surface area contributed by atoms with Crippen LogP contribution < -0.4 is 14.4 Å². The Balaban J connectivity index is 1.51. The van der Waals surface area contributed by atoms with Crippen LogP contribution in [0, 0.1) is 10.1 Å². The molecule has 0 atom stereocenters. The van der Waals surface area contributed by atoms with Crippen molar-refractivity contribution < 1.29 is 14.4 Å². The standard InChI is InChI=1S/C22H24N4O4/c1-29-17-5-8-21(30-2)16(14-17)15-24-10-12-25(13-11-24)20-7-6-19(26(27)28)18-4-3-9-23-22(18)20/h3-9,14H,10-13,15H2,1-2H3. The molecule has 1 saturated heterocycles. The van der Waals surface area contributed by atoms with E-state index in [1.165, 1.54) is 0 Å². The van der Waals surface area contributed by atoms with Crippen LogP contribution in [0.2, 0.25) is 0 Å². The second-order valence-corrected chi connectivity index (χ2v) is 7.20. The van der Waals surface area contributed by atoms with Crippen molar-refractivity contribution in [2.45, 2.75) is 6.54 Å². The van der Waals surface area contributed by atoms with E-state index in [0.717, 1.165) is 55.5 Å². The average Bonchev–Trinajstić information content (AvgIpc) is 2.78. The van der Waals surface area contributed by atoms with E-state index < -0.39 is 0 Å². The molecule has 8 nitrogen and oxygen atoms in total. The number of anilines is 1. The second kappa shape index (κ2) is 8.54. The molecule has 3 aromatic rings. The Hall–Kier alpha value is -3.39. The summed E-state index contributed by atoms with van der Waals surface area (Å²) < 4.78 is 10.8. The maximum Gasteiger partial charge on any atom is 0.278 e. The van der Waals surface area contributed by atoms with Gasteiger partial charge < -0.3 is 14.4 Å². The summed E-state index contributed by atoms with van der Waals surface area (Å²) in [7, 11) is 3.34. The number of piperazine rings is 1. The average molecular weight is 408 g/mol. The lowest BCUT2D eigenvalue weighted by Crippen LogP contribution is -2.46. The van der Waals surface area contributed by atoms with Gasteiger partial charge >= 0.3 is 0 Å². The first-order chi connectivity index (χ1) is 14.6. The molecule has 0 radical (unpaired) electrons. The molecule has 30 heavy (non-hydrogen) atoms. The zero-order valence-corrected chi connectivity index (χ0v) is 17.1. The number of benzene rings is 2. The number of pyridine rings is 1. The molecule has 0 spiro atoms. The van der Waals surface area contributed by atoms with Gasteiger partial charge in [-0.25, -0.2) is 0 Å². The number of non-ortho nitro benzene ring substituents is 1. The fourth-order valence-electron chi connectivity index (χ4n) is 3.95. The minimum absolute atomic E-state index is 0.0885. The minimum Gasteiger partial charge on any atom is -0.497 e. The van der Waals surface area contributed by atoms with Crippen molar-refractivity contribution >= 4 is 22.3 Å². The Morgan fingerprint density at radius 3 is 2.57 bits per heavy atom. The lowest BCUT2D eigenvalue weighted by Gasteiger charge is -2.36. The molecule has 156 valence electrons. The lowest BCUT2D eigenvalue weighted by molar-refractivity contribution is -0.383. The molecular formula is C22H24N4O4. The summed E-state index contributed by atoms with van der Waals surface area (Å²) in [5, 5.41) is 11.9. The molecule has 0 unspecified atom stereocenters. The van der Waals surface area contributed by atoms with Crippen LogP contribution in [-0.2, 0) is 6.54 Å². The van der Waals surface area contributed by atoms with Gasteiger partial charge in [0, 0.05) is 50.6 Å². The van der Waals surface area contributed by atoms with Crippen LogP contribution in [-0.4, -0.2) is 55.2 Å². The second-order valence-electron chi connectivity index (χ2n) is 7.20.